The SMILES string of the molecule is CCCNC(CCc1cccc2ccccc12)C(C)(C)C. The van der Waals surface area contributed by atoms with E-state index in [-0.39, 0.29) is 0 Å². The Hall–Kier alpha value is -1.34. The molecule has 0 saturated heterocycles. The Kier molecular flexibility index (Phi) is 5.41. The molecule has 21 heavy (non-hydrogen) atoms. The van der Waals surface area contributed by atoms with E-state index in [1.54, 1.807) is 0 Å². The third-order valence-corrected chi connectivity index (χ3v) is 4.27. The number of fused-ring (bicyclic) bond motifs is 1. The molecule has 0 aliphatic carbocycles. The lowest BCUT2D eigenvalue weighted by Gasteiger charge is -2.32. The van der Waals surface area contributed by atoms with Gasteiger partial charge in [0.1, 0.15) is 0 Å². The van der Waals surface area contributed by atoms with Crippen molar-refractivity contribution in [3.63, 3.8) is 0 Å². The first-order valence-corrected chi connectivity index (χ1v) is 8.22. The molecule has 0 fully saturated rings. The van der Waals surface area contributed by atoms with Crippen LogP contribution in [-0.2, 0) is 6.42 Å². The van der Waals surface area contributed by atoms with Gasteiger partial charge in [0.25, 0.3) is 0 Å². The van der Waals surface area contributed by atoms with E-state index in [9.17, 15) is 0 Å². The fourth-order valence-corrected chi connectivity index (χ4v) is 2.97. The van der Waals surface area contributed by atoms with E-state index >= 15 is 0 Å². The number of benzene rings is 2. The molecule has 1 heteroatoms. The molecule has 0 aliphatic heterocycles. The Morgan fingerprint density at radius 3 is 2.43 bits per heavy atom. The van der Waals surface area contributed by atoms with Gasteiger partial charge in [-0.1, -0.05) is 70.2 Å². The summed E-state index contributed by atoms with van der Waals surface area (Å²) in [6.07, 6.45) is 3.53. The van der Waals surface area contributed by atoms with Crippen molar-refractivity contribution in [2.24, 2.45) is 5.41 Å². The van der Waals surface area contributed by atoms with E-state index in [2.05, 4.69) is 75.5 Å². The summed E-state index contributed by atoms with van der Waals surface area (Å²) < 4.78 is 0. The smallest absolute Gasteiger partial charge is 0.0119 e. The summed E-state index contributed by atoms with van der Waals surface area (Å²) in [6, 6.07) is 15.9. The summed E-state index contributed by atoms with van der Waals surface area (Å²) >= 11 is 0. The molecule has 1 unspecified atom stereocenters. The first-order chi connectivity index (χ1) is 10.0. The summed E-state index contributed by atoms with van der Waals surface area (Å²) in [4.78, 5) is 0. The average Bonchev–Trinajstić information content (AvgIpc) is 2.46. The van der Waals surface area contributed by atoms with Crippen molar-refractivity contribution >= 4 is 10.8 Å². The van der Waals surface area contributed by atoms with E-state index in [1.165, 1.54) is 29.2 Å². The minimum Gasteiger partial charge on any atom is -0.313 e. The van der Waals surface area contributed by atoms with Crippen LogP contribution in [0, 0.1) is 5.41 Å². The van der Waals surface area contributed by atoms with Crippen molar-refractivity contribution in [1.82, 2.24) is 5.32 Å². The minimum absolute atomic E-state index is 0.305. The van der Waals surface area contributed by atoms with Gasteiger partial charge in [0.05, 0.1) is 0 Å². The van der Waals surface area contributed by atoms with Gasteiger partial charge >= 0.3 is 0 Å². The zero-order valence-electron chi connectivity index (χ0n) is 13.9. The van der Waals surface area contributed by atoms with Crippen LogP contribution in [0.2, 0.25) is 0 Å². The average molecular weight is 283 g/mol. The van der Waals surface area contributed by atoms with E-state index < -0.39 is 0 Å². The predicted octanol–water partition coefficient (Wildman–Crippen LogP) is 5.19. The molecule has 2 aromatic carbocycles. The van der Waals surface area contributed by atoms with Crippen LogP contribution in [-0.4, -0.2) is 12.6 Å². The number of nitrogens with one attached hydrogen (secondary N) is 1. The molecule has 0 aliphatic rings. The maximum atomic E-state index is 3.73. The van der Waals surface area contributed by atoms with Gasteiger partial charge in [-0.2, -0.15) is 0 Å². The van der Waals surface area contributed by atoms with Crippen LogP contribution >= 0.6 is 0 Å². The first kappa shape index (κ1) is 16.0. The van der Waals surface area contributed by atoms with Gasteiger partial charge in [0.2, 0.25) is 0 Å². The highest BCUT2D eigenvalue weighted by atomic mass is 14.9. The van der Waals surface area contributed by atoms with Gasteiger partial charge in [-0.25, -0.2) is 0 Å². The van der Waals surface area contributed by atoms with Gasteiger partial charge in [0.15, 0.2) is 0 Å². The van der Waals surface area contributed by atoms with Crippen molar-refractivity contribution in [2.75, 3.05) is 6.54 Å². The van der Waals surface area contributed by atoms with Crippen LogP contribution in [0.1, 0.15) is 46.1 Å². The minimum atomic E-state index is 0.305. The highest BCUT2D eigenvalue weighted by molar-refractivity contribution is 5.85. The lowest BCUT2D eigenvalue weighted by atomic mass is 9.83. The fourth-order valence-electron chi connectivity index (χ4n) is 2.97. The first-order valence-electron chi connectivity index (χ1n) is 8.22. The lowest BCUT2D eigenvalue weighted by Crippen LogP contribution is -2.41. The molecular formula is C20H29N. The molecule has 2 rings (SSSR count). The number of aryl methyl sites for hydroxylation is 1. The quantitative estimate of drug-likeness (QED) is 0.769. The standard InChI is InChI=1S/C20H29N/c1-5-15-21-19(20(2,3)4)14-13-17-11-8-10-16-9-6-7-12-18(16)17/h6-12,19,21H,5,13-15H2,1-4H3. The number of hydrogen-bond donors (Lipinski definition) is 1. The molecule has 0 amide bonds. The summed E-state index contributed by atoms with van der Waals surface area (Å²) in [5, 5.41) is 6.48. The summed E-state index contributed by atoms with van der Waals surface area (Å²) in [7, 11) is 0. The second-order valence-corrected chi connectivity index (χ2v) is 7.05. The normalized spacial score (nSPS) is 13.5. The Labute approximate surface area is 129 Å². The molecule has 1 nitrogen and oxygen atoms in total. The Morgan fingerprint density at radius 2 is 1.71 bits per heavy atom. The van der Waals surface area contributed by atoms with Gasteiger partial charge in [0, 0.05) is 6.04 Å². The van der Waals surface area contributed by atoms with Crippen LogP contribution in [0.25, 0.3) is 10.8 Å². The largest absolute Gasteiger partial charge is 0.313 e. The molecule has 0 radical (unpaired) electrons. The Bertz CT molecular complexity index is 560. The molecule has 0 saturated carbocycles. The van der Waals surface area contributed by atoms with Crippen molar-refractivity contribution in [3.05, 3.63) is 48.0 Å². The molecule has 0 bridgehead atoms. The third kappa shape index (κ3) is 4.31. The highest BCUT2D eigenvalue weighted by Crippen LogP contribution is 2.25. The van der Waals surface area contributed by atoms with Crippen LogP contribution in [0.4, 0.5) is 0 Å². The molecule has 2 aromatic rings. The molecular weight excluding hydrogens is 254 g/mol. The monoisotopic (exact) mass is 283 g/mol. The second kappa shape index (κ2) is 7.09. The molecule has 0 aromatic heterocycles. The maximum Gasteiger partial charge on any atom is 0.0119 e. The predicted molar refractivity (Wildman–Crippen MR) is 93.8 cm³/mol. The lowest BCUT2D eigenvalue weighted by molar-refractivity contribution is 0.255. The number of rotatable bonds is 6. The second-order valence-electron chi connectivity index (χ2n) is 7.05. The topological polar surface area (TPSA) is 12.0 Å². The molecule has 1 N–H and O–H groups in total. The van der Waals surface area contributed by atoms with Crippen LogP contribution in [0.3, 0.4) is 0 Å². The van der Waals surface area contributed by atoms with Gasteiger partial charge in [-0.15, -0.1) is 0 Å². The molecule has 0 heterocycles. The fraction of sp³-hybridized carbons (Fsp3) is 0.500. The summed E-state index contributed by atoms with van der Waals surface area (Å²) in [5.41, 5.74) is 1.78. The van der Waals surface area contributed by atoms with Crippen molar-refractivity contribution < 1.29 is 0 Å². The molecule has 1 atom stereocenters. The van der Waals surface area contributed by atoms with E-state index in [4.69, 9.17) is 0 Å². The van der Waals surface area contributed by atoms with Crippen molar-refractivity contribution in [2.45, 2.75) is 53.0 Å². The zero-order valence-corrected chi connectivity index (χ0v) is 13.9. The van der Waals surface area contributed by atoms with E-state index in [0.717, 1.165) is 13.0 Å². The molecule has 0 spiro atoms. The van der Waals surface area contributed by atoms with Crippen molar-refractivity contribution in [3.8, 4) is 0 Å². The maximum absolute atomic E-state index is 3.73. The summed E-state index contributed by atoms with van der Waals surface area (Å²) in [5.74, 6) is 0. The Balaban J connectivity index is 2.12. The van der Waals surface area contributed by atoms with Gasteiger partial charge in [-0.05, 0) is 47.6 Å². The van der Waals surface area contributed by atoms with Gasteiger partial charge in [-0.3, -0.25) is 0 Å². The summed E-state index contributed by atoms with van der Waals surface area (Å²) in [6.45, 7) is 10.4. The molecule has 114 valence electrons. The van der Waals surface area contributed by atoms with Crippen LogP contribution < -0.4 is 5.32 Å². The Morgan fingerprint density at radius 1 is 1.00 bits per heavy atom. The van der Waals surface area contributed by atoms with Crippen LogP contribution in [0.5, 0.6) is 0 Å². The zero-order chi connectivity index (χ0) is 15.3. The van der Waals surface area contributed by atoms with Crippen LogP contribution in [0.15, 0.2) is 42.5 Å². The van der Waals surface area contributed by atoms with E-state index in [1.807, 2.05) is 0 Å². The third-order valence-electron chi connectivity index (χ3n) is 4.27. The van der Waals surface area contributed by atoms with E-state index in [0.29, 0.717) is 11.5 Å². The van der Waals surface area contributed by atoms with Crippen molar-refractivity contribution in [1.29, 1.82) is 0 Å². The number of hydrogen-bond acceptors (Lipinski definition) is 1. The highest BCUT2D eigenvalue weighted by Gasteiger charge is 2.23. The van der Waals surface area contributed by atoms with Gasteiger partial charge < -0.3 is 5.32 Å².